The molecule has 0 saturated carbocycles. The van der Waals surface area contributed by atoms with Gasteiger partial charge in [0.1, 0.15) is 0 Å². The Balaban J connectivity index is 0.000000621. The molecule has 0 atom stereocenters. The molecule has 1 amide bonds. The highest BCUT2D eigenvalue weighted by Gasteiger charge is 2.14. The molecule has 0 aliphatic carbocycles. The Hall–Kier alpha value is -2.90. The van der Waals surface area contributed by atoms with Gasteiger partial charge in [0.05, 0.1) is 16.7 Å². The van der Waals surface area contributed by atoms with E-state index in [4.69, 9.17) is 15.3 Å². The highest BCUT2D eigenvalue weighted by molar-refractivity contribution is 5.98. The fraction of sp³-hybridized carbons (Fsp3) is 0.167. The summed E-state index contributed by atoms with van der Waals surface area (Å²) in [7, 11) is 3.38. The molecule has 1 aromatic carbocycles. The lowest BCUT2D eigenvalue weighted by atomic mass is 10.1. The molecule has 3 N–H and O–H groups in total. The molecule has 0 aromatic heterocycles. The van der Waals surface area contributed by atoms with Crippen molar-refractivity contribution in [2.75, 3.05) is 14.1 Å². The molecule has 108 valence electrons. The van der Waals surface area contributed by atoms with Crippen LogP contribution in [0.25, 0.3) is 0 Å². The molecular formula is C12H13NO7. The van der Waals surface area contributed by atoms with Crippen molar-refractivity contribution in [1.29, 1.82) is 0 Å². The van der Waals surface area contributed by atoms with Gasteiger partial charge in [0.25, 0.3) is 0 Å². The van der Waals surface area contributed by atoms with E-state index in [0.717, 1.165) is 24.6 Å². The van der Waals surface area contributed by atoms with Crippen molar-refractivity contribution in [2.45, 2.75) is 0 Å². The Labute approximate surface area is 113 Å². The maximum atomic E-state index is 10.6. The van der Waals surface area contributed by atoms with Crippen LogP contribution in [-0.2, 0) is 4.79 Å². The monoisotopic (exact) mass is 283 g/mol. The average molecular weight is 283 g/mol. The number of carbonyl (C=O) groups is 4. The molecule has 0 unspecified atom stereocenters. The smallest absolute Gasteiger partial charge is 0.335 e. The zero-order valence-electron chi connectivity index (χ0n) is 10.7. The third-order valence-electron chi connectivity index (χ3n) is 1.88. The molecule has 0 bridgehead atoms. The van der Waals surface area contributed by atoms with Gasteiger partial charge in [0.2, 0.25) is 6.41 Å². The fourth-order valence-electron chi connectivity index (χ4n) is 0.998. The molecule has 0 fully saturated rings. The van der Waals surface area contributed by atoms with Gasteiger partial charge in [-0.15, -0.1) is 0 Å². The molecule has 1 rings (SSSR count). The Morgan fingerprint density at radius 1 is 0.850 bits per heavy atom. The number of carbonyl (C=O) groups excluding carboxylic acids is 1. The minimum atomic E-state index is -1.37. The first-order chi connectivity index (χ1) is 9.18. The Morgan fingerprint density at radius 2 is 1.05 bits per heavy atom. The van der Waals surface area contributed by atoms with Crippen molar-refractivity contribution in [3.63, 3.8) is 0 Å². The topological polar surface area (TPSA) is 132 Å². The maximum Gasteiger partial charge on any atom is 0.335 e. The third kappa shape index (κ3) is 5.63. The second-order valence-corrected chi connectivity index (χ2v) is 3.78. The average Bonchev–Trinajstić information content (AvgIpc) is 2.38. The van der Waals surface area contributed by atoms with E-state index in [0.29, 0.717) is 0 Å². The van der Waals surface area contributed by atoms with Gasteiger partial charge < -0.3 is 20.2 Å². The van der Waals surface area contributed by atoms with Crippen LogP contribution in [0, 0.1) is 0 Å². The van der Waals surface area contributed by atoms with Crippen LogP contribution in [0.4, 0.5) is 0 Å². The van der Waals surface area contributed by atoms with Crippen LogP contribution in [0.3, 0.4) is 0 Å². The first-order valence-electron chi connectivity index (χ1n) is 5.15. The summed E-state index contributed by atoms with van der Waals surface area (Å²) in [6.07, 6.45) is 0.750. The normalized spacial score (nSPS) is 8.90. The summed E-state index contributed by atoms with van der Waals surface area (Å²) in [5, 5.41) is 25.8. The second-order valence-electron chi connectivity index (χ2n) is 3.78. The van der Waals surface area contributed by atoms with E-state index in [-0.39, 0.29) is 16.7 Å². The summed E-state index contributed by atoms with van der Waals surface area (Å²) in [5.41, 5.74) is -1.10. The molecule has 1 aromatic rings. The number of amides is 1. The van der Waals surface area contributed by atoms with Crippen molar-refractivity contribution in [3.05, 3.63) is 34.9 Å². The van der Waals surface area contributed by atoms with Gasteiger partial charge in [0.15, 0.2) is 0 Å². The van der Waals surface area contributed by atoms with Gasteiger partial charge >= 0.3 is 17.9 Å². The molecule has 8 heteroatoms. The predicted molar refractivity (Wildman–Crippen MR) is 67.1 cm³/mol. The zero-order valence-corrected chi connectivity index (χ0v) is 10.7. The largest absolute Gasteiger partial charge is 0.478 e. The maximum absolute atomic E-state index is 10.6. The Bertz CT molecular complexity index is 458. The molecule has 0 spiro atoms. The van der Waals surface area contributed by atoms with Crippen molar-refractivity contribution in [2.24, 2.45) is 0 Å². The summed E-state index contributed by atoms with van der Waals surface area (Å²) in [6.45, 7) is 0. The highest BCUT2D eigenvalue weighted by atomic mass is 16.4. The van der Waals surface area contributed by atoms with Crippen molar-refractivity contribution < 1.29 is 34.5 Å². The number of hydrogen-bond donors (Lipinski definition) is 3. The van der Waals surface area contributed by atoms with Crippen LogP contribution >= 0.6 is 0 Å². The number of rotatable bonds is 4. The quantitative estimate of drug-likeness (QED) is 0.685. The molecule has 0 radical (unpaired) electrons. The second kappa shape index (κ2) is 7.52. The Morgan fingerprint density at radius 3 is 1.15 bits per heavy atom. The van der Waals surface area contributed by atoms with Gasteiger partial charge in [-0.25, -0.2) is 14.4 Å². The molecule has 0 saturated heterocycles. The SMILES string of the molecule is CN(C)C=O.O=C(O)c1cc(C(=O)O)cc(C(=O)O)c1. The number of carboxylic acids is 3. The summed E-state index contributed by atoms with van der Waals surface area (Å²) in [4.78, 5) is 42.6. The molecule has 0 heterocycles. The molecule has 8 nitrogen and oxygen atoms in total. The van der Waals surface area contributed by atoms with Crippen LogP contribution in [0.5, 0.6) is 0 Å². The number of hydrogen-bond acceptors (Lipinski definition) is 4. The van der Waals surface area contributed by atoms with E-state index in [2.05, 4.69) is 0 Å². The van der Waals surface area contributed by atoms with Crippen molar-refractivity contribution >= 4 is 24.3 Å². The summed E-state index contributed by atoms with van der Waals surface area (Å²) < 4.78 is 0. The molecule has 20 heavy (non-hydrogen) atoms. The van der Waals surface area contributed by atoms with Gasteiger partial charge in [-0.2, -0.15) is 0 Å². The van der Waals surface area contributed by atoms with E-state index in [1.54, 1.807) is 14.1 Å². The minimum absolute atomic E-state index is 0.368. The van der Waals surface area contributed by atoms with Crippen molar-refractivity contribution in [1.82, 2.24) is 4.90 Å². The van der Waals surface area contributed by atoms with E-state index in [9.17, 15) is 19.2 Å². The fourth-order valence-corrected chi connectivity index (χ4v) is 0.998. The number of nitrogens with zero attached hydrogens (tertiary/aromatic N) is 1. The standard InChI is InChI=1S/C9H6O6.C3H7NO/c10-7(11)4-1-5(8(12)13)3-6(2-4)9(14)15;1-4(2)3-5/h1-3H,(H,10,11)(H,12,13)(H,14,15);3H,1-2H3. The lowest BCUT2D eigenvalue weighted by molar-refractivity contribution is -0.115. The van der Waals surface area contributed by atoms with E-state index < -0.39 is 17.9 Å². The van der Waals surface area contributed by atoms with E-state index in [1.165, 1.54) is 4.90 Å². The van der Waals surface area contributed by atoms with Gasteiger partial charge in [-0.3, -0.25) is 4.79 Å². The minimum Gasteiger partial charge on any atom is -0.478 e. The zero-order chi connectivity index (χ0) is 15.9. The Kier molecular flexibility index (Phi) is 6.43. The first-order valence-corrected chi connectivity index (χ1v) is 5.15. The van der Waals surface area contributed by atoms with Gasteiger partial charge in [-0.05, 0) is 18.2 Å². The van der Waals surface area contributed by atoms with Crippen LogP contribution < -0.4 is 0 Å². The first kappa shape index (κ1) is 17.1. The molecule has 0 aliphatic heterocycles. The molecular weight excluding hydrogens is 270 g/mol. The predicted octanol–water partition coefficient (Wildman–Crippen LogP) is 0.486. The van der Waals surface area contributed by atoms with Crippen molar-refractivity contribution in [3.8, 4) is 0 Å². The summed E-state index contributed by atoms with van der Waals surface area (Å²) in [6, 6.07) is 2.70. The number of carboxylic acid groups (broad SMARTS) is 3. The lowest BCUT2D eigenvalue weighted by Crippen LogP contribution is -2.07. The third-order valence-corrected chi connectivity index (χ3v) is 1.88. The van der Waals surface area contributed by atoms with Crippen LogP contribution in [0.2, 0.25) is 0 Å². The van der Waals surface area contributed by atoms with Crippen LogP contribution in [0.1, 0.15) is 31.1 Å². The van der Waals surface area contributed by atoms with Gasteiger partial charge in [-0.1, -0.05) is 0 Å². The van der Waals surface area contributed by atoms with Crippen LogP contribution in [0.15, 0.2) is 18.2 Å². The van der Waals surface area contributed by atoms with E-state index in [1.807, 2.05) is 0 Å². The summed E-state index contributed by atoms with van der Waals surface area (Å²) in [5.74, 6) is -4.12. The number of benzene rings is 1. The van der Waals surface area contributed by atoms with Crippen LogP contribution in [-0.4, -0.2) is 58.6 Å². The lowest BCUT2D eigenvalue weighted by Gasteiger charge is -2.00. The molecule has 0 aliphatic rings. The van der Waals surface area contributed by atoms with Gasteiger partial charge in [0, 0.05) is 14.1 Å². The van der Waals surface area contributed by atoms with E-state index >= 15 is 0 Å². The number of aromatic carboxylic acids is 3. The summed E-state index contributed by atoms with van der Waals surface area (Å²) >= 11 is 0. The highest BCUT2D eigenvalue weighted by Crippen LogP contribution is 2.11.